The first-order valence-electron chi connectivity index (χ1n) is 4.64. The average Bonchev–Trinajstić information content (AvgIpc) is 1.96. The van der Waals surface area contributed by atoms with Crippen molar-refractivity contribution in [3.63, 3.8) is 0 Å². The van der Waals surface area contributed by atoms with Gasteiger partial charge in [-0.3, -0.25) is 15.4 Å². The number of esters is 1. The Kier molecular flexibility index (Phi) is 5.24. The molecule has 0 aliphatic carbocycles. The minimum Gasteiger partial charge on any atom is -0.481 e. The summed E-state index contributed by atoms with van der Waals surface area (Å²) in [6.45, 7) is 5.27. The fourth-order valence-corrected chi connectivity index (χ4v) is 0.858. The van der Waals surface area contributed by atoms with Gasteiger partial charge in [-0.1, -0.05) is 0 Å². The molecule has 0 heterocycles. The second-order valence-corrected chi connectivity index (χ2v) is 4.20. The summed E-state index contributed by atoms with van der Waals surface area (Å²) in [6.07, 6.45) is -0.0979. The van der Waals surface area contributed by atoms with Crippen molar-refractivity contribution >= 4 is 11.9 Å². The van der Waals surface area contributed by atoms with E-state index in [2.05, 4.69) is 0 Å². The van der Waals surface area contributed by atoms with E-state index >= 15 is 0 Å². The van der Waals surface area contributed by atoms with Gasteiger partial charge in [0.25, 0.3) is 0 Å². The minimum atomic E-state index is -0.949. The largest absolute Gasteiger partial charge is 0.481 e. The van der Waals surface area contributed by atoms with Crippen LogP contribution < -0.4 is 5.84 Å². The van der Waals surface area contributed by atoms with Gasteiger partial charge in [0.15, 0.2) is 0 Å². The molecule has 0 aliphatic rings. The number of carboxylic acid groups (broad SMARTS) is 1. The van der Waals surface area contributed by atoms with E-state index < -0.39 is 17.5 Å². The Labute approximate surface area is 89.0 Å². The molecule has 3 N–H and O–H groups in total. The lowest BCUT2D eigenvalue weighted by Crippen LogP contribution is -2.40. The van der Waals surface area contributed by atoms with Crippen LogP contribution in [-0.4, -0.2) is 40.7 Å². The van der Waals surface area contributed by atoms with Crippen LogP contribution in [0.5, 0.6) is 0 Å². The topological polar surface area (TPSA) is 92.9 Å². The van der Waals surface area contributed by atoms with Gasteiger partial charge in [-0.05, 0) is 20.8 Å². The zero-order valence-corrected chi connectivity index (χ0v) is 9.32. The van der Waals surface area contributed by atoms with E-state index in [0.717, 1.165) is 5.01 Å². The zero-order valence-electron chi connectivity index (χ0n) is 9.32. The fraction of sp³-hybridized carbons (Fsp3) is 0.778. The van der Waals surface area contributed by atoms with Gasteiger partial charge in [0.2, 0.25) is 0 Å². The Hall–Kier alpha value is -1.14. The molecule has 88 valence electrons. The van der Waals surface area contributed by atoms with Gasteiger partial charge in [0.1, 0.15) is 12.1 Å². The highest BCUT2D eigenvalue weighted by molar-refractivity contribution is 5.72. The Bertz CT molecular complexity index is 235. The molecule has 0 rings (SSSR count). The summed E-state index contributed by atoms with van der Waals surface area (Å²) >= 11 is 0. The zero-order chi connectivity index (χ0) is 12.1. The maximum absolute atomic E-state index is 11.2. The van der Waals surface area contributed by atoms with Gasteiger partial charge >= 0.3 is 11.9 Å². The minimum absolute atomic E-state index is 0.0979. The number of ether oxygens (including phenoxy) is 1. The molecule has 0 aliphatic heterocycles. The van der Waals surface area contributed by atoms with Crippen LogP contribution in [0.25, 0.3) is 0 Å². The van der Waals surface area contributed by atoms with Crippen LogP contribution in [0.4, 0.5) is 0 Å². The van der Waals surface area contributed by atoms with E-state index in [4.69, 9.17) is 15.7 Å². The van der Waals surface area contributed by atoms with Gasteiger partial charge < -0.3 is 9.84 Å². The lowest BCUT2D eigenvalue weighted by molar-refractivity contribution is -0.156. The van der Waals surface area contributed by atoms with Gasteiger partial charge in [-0.25, -0.2) is 5.01 Å². The summed E-state index contributed by atoms with van der Waals surface area (Å²) in [5, 5.41) is 9.51. The summed E-state index contributed by atoms with van der Waals surface area (Å²) in [5.74, 6) is 4.00. The van der Waals surface area contributed by atoms with Crippen molar-refractivity contribution < 1.29 is 19.4 Å². The van der Waals surface area contributed by atoms with Crippen LogP contribution in [0.15, 0.2) is 0 Å². The van der Waals surface area contributed by atoms with E-state index in [1.165, 1.54) is 0 Å². The van der Waals surface area contributed by atoms with Crippen molar-refractivity contribution in [2.45, 2.75) is 32.8 Å². The molecule has 0 fully saturated rings. The first-order valence-corrected chi connectivity index (χ1v) is 4.64. The number of carbonyl (C=O) groups is 2. The Morgan fingerprint density at radius 3 is 2.33 bits per heavy atom. The number of rotatable bonds is 5. The predicted octanol–water partition coefficient (Wildman–Crippen LogP) is -0.0215. The first kappa shape index (κ1) is 13.9. The fourth-order valence-electron chi connectivity index (χ4n) is 0.858. The quantitative estimate of drug-likeness (QED) is 0.382. The number of aliphatic carboxylic acids is 1. The van der Waals surface area contributed by atoms with E-state index in [9.17, 15) is 9.59 Å². The number of hydrogen-bond acceptors (Lipinski definition) is 5. The summed E-state index contributed by atoms with van der Waals surface area (Å²) in [6, 6.07) is 0. The third-order valence-corrected chi connectivity index (χ3v) is 1.37. The van der Waals surface area contributed by atoms with Crippen LogP contribution in [-0.2, 0) is 14.3 Å². The van der Waals surface area contributed by atoms with E-state index in [1.807, 2.05) is 0 Å². The number of nitrogens with two attached hydrogens (primary N) is 1. The molecule has 0 spiro atoms. The number of carboxylic acids is 1. The van der Waals surface area contributed by atoms with Crippen molar-refractivity contribution in [2.24, 2.45) is 5.84 Å². The SMILES string of the molecule is CC(C)(C)OC(=O)CN(N)CCC(=O)O. The average molecular weight is 218 g/mol. The molecular weight excluding hydrogens is 200 g/mol. The molecule has 0 aromatic heterocycles. The first-order chi connectivity index (χ1) is 6.70. The lowest BCUT2D eigenvalue weighted by Gasteiger charge is -2.21. The van der Waals surface area contributed by atoms with Gasteiger partial charge in [-0.2, -0.15) is 0 Å². The Morgan fingerprint density at radius 2 is 1.93 bits per heavy atom. The summed E-state index contributed by atoms with van der Waals surface area (Å²) < 4.78 is 5.01. The molecule has 0 aromatic rings. The third kappa shape index (κ3) is 9.17. The van der Waals surface area contributed by atoms with Crippen molar-refractivity contribution in [1.29, 1.82) is 0 Å². The van der Waals surface area contributed by atoms with Crippen LogP contribution in [0.1, 0.15) is 27.2 Å². The molecule has 6 heteroatoms. The molecule has 0 radical (unpaired) electrons. The van der Waals surface area contributed by atoms with Crippen molar-refractivity contribution in [3.05, 3.63) is 0 Å². The molecule has 0 atom stereocenters. The van der Waals surface area contributed by atoms with Crippen molar-refractivity contribution in [3.8, 4) is 0 Å². The summed E-state index contributed by atoms with van der Waals surface area (Å²) in [7, 11) is 0. The summed E-state index contributed by atoms with van der Waals surface area (Å²) in [4.78, 5) is 21.4. The van der Waals surface area contributed by atoms with Crippen LogP contribution in [0, 0.1) is 0 Å². The maximum Gasteiger partial charge on any atom is 0.322 e. The lowest BCUT2D eigenvalue weighted by atomic mass is 10.2. The third-order valence-electron chi connectivity index (χ3n) is 1.37. The molecule has 0 aromatic carbocycles. The molecule has 0 bridgehead atoms. The van der Waals surface area contributed by atoms with Gasteiger partial charge in [0, 0.05) is 6.54 Å². The molecule has 0 amide bonds. The highest BCUT2D eigenvalue weighted by atomic mass is 16.6. The van der Waals surface area contributed by atoms with Gasteiger partial charge in [-0.15, -0.1) is 0 Å². The smallest absolute Gasteiger partial charge is 0.322 e. The van der Waals surface area contributed by atoms with Crippen LogP contribution in [0.3, 0.4) is 0 Å². The number of carbonyl (C=O) groups excluding carboxylic acids is 1. The molecule has 0 unspecified atom stereocenters. The number of nitrogens with zero attached hydrogens (tertiary/aromatic N) is 1. The number of hydrazine groups is 1. The van der Waals surface area contributed by atoms with Crippen molar-refractivity contribution in [2.75, 3.05) is 13.1 Å². The van der Waals surface area contributed by atoms with E-state index in [1.54, 1.807) is 20.8 Å². The Balaban J connectivity index is 3.81. The molecule has 6 nitrogen and oxygen atoms in total. The summed E-state index contributed by atoms with van der Waals surface area (Å²) in [5.41, 5.74) is -0.551. The molecule has 0 saturated heterocycles. The highest BCUT2D eigenvalue weighted by Gasteiger charge is 2.17. The highest BCUT2D eigenvalue weighted by Crippen LogP contribution is 2.06. The Morgan fingerprint density at radius 1 is 1.40 bits per heavy atom. The second-order valence-electron chi connectivity index (χ2n) is 4.20. The second kappa shape index (κ2) is 5.67. The molecule has 0 saturated carbocycles. The molecule has 15 heavy (non-hydrogen) atoms. The number of hydrogen-bond donors (Lipinski definition) is 2. The van der Waals surface area contributed by atoms with E-state index in [0.29, 0.717) is 0 Å². The van der Waals surface area contributed by atoms with Crippen molar-refractivity contribution in [1.82, 2.24) is 5.01 Å². The maximum atomic E-state index is 11.2. The van der Waals surface area contributed by atoms with E-state index in [-0.39, 0.29) is 19.5 Å². The van der Waals surface area contributed by atoms with Gasteiger partial charge in [0.05, 0.1) is 6.42 Å². The standard InChI is InChI=1S/C9H18N2O4/c1-9(2,3)15-8(14)6-11(10)5-4-7(12)13/h4-6,10H2,1-3H3,(H,12,13). The van der Waals surface area contributed by atoms with Crippen LogP contribution in [0.2, 0.25) is 0 Å². The molecular formula is C9H18N2O4. The predicted molar refractivity (Wildman–Crippen MR) is 53.9 cm³/mol. The van der Waals surface area contributed by atoms with Crippen LogP contribution >= 0.6 is 0 Å². The normalized spacial score (nSPS) is 11.5. The monoisotopic (exact) mass is 218 g/mol.